The number of ketones is 1. The van der Waals surface area contributed by atoms with Gasteiger partial charge in [-0.1, -0.05) is 13.8 Å². The van der Waals surface area contributed by atoms with E-state index in [4.69, 9.17) is 10.5 Å². The number of methoxy groups -OCH3 is 1. The lowest BCUT2D eigenvalue weighted by molar-refractivity contribution is 0.0957. The van der Waals surface area contributed by atoms with Gasteiger partial charge in [-0.25, -0.2) is 4.39 Å². The highest BCUT2D eigenvalue weighted by Crippen LogP contribution is 2.27. The summed E-state index contributed by atoms with van der Waals surface area (Å²) in [6.45, 7) is 4.73. The van der Waals surface area contributed by atoms with Crippen molar-refractivity contribution in [3.05, 3.63) is 29.6 Å². The lowest BCUT2D eigenvalue weighted by Crippen LogP contribution is -2.18. The Hall–Kier alpha value is -1.42. The number of halogens is 1. The third-order valence-corrected chi connectivity index (χ3v) is 3.33. The Labute approximate surface area is 113 Å². The van der Waals surface area contributed by atoms with E-state index in [1.807, 2.05) is 0 Å². The molecular weight excluding hydrogens is 245 g/mol. The molecule has 106 valence electrons. The molecule has 0 saturated carbocycles. The van der Waals surface area contributed by atoms with Crippen molar-refractivity contribution < 1.29 is 13.9 Å². The van der Waals surface area contributed by atoms with Gasteiger partial charge in [0.2, 0.25) is 0 Å². The van der Waals surface area contributed by atoms with Crippen LogP contribution in [0.4, 0.5) is 4.39 Å². The number of carbonyl (C=O) groups excluding carboxylic acids is 1. The number of benzene rings is 1. The van der Waals surface area contributed by atoms with Crippen molar-refractivity contribution in [1.29, 1.82) is 0 Å². The van der Waals surface area contributed by atoms with E-state index in [9.17, 15) is 9.18 Å². The number of ether oxygens (including phenoxy) is 1. The summed E-state index contributed by atoms with van der Waals surface area (Å²) in [5, 5.41) is 0. The minimum Gasteiger partial charge on any atom is -0.497 e. The summed E-state index contributed by atoms with van der Waals surface area (Å²) in [5.74, 6) is -0.288. The molecular formula is C15H22FNO2. The molecule has 0 bridgehead atoms. The monoisotopic (exact) mass is 267 g/mol. The van der Waals surface area contributed by atoms with Crippen molar-refractivity contribution in [2.45, 2.75) is 33.1 Å². The molecule has 0 aromatic heterocycles. The molecule has 1 rings (SSSR count). The quantitative estimate of drug-likeness (QED) is 0.772. The molecule has 2 N–H and O–H groups in total. The second-order valence-corrected chi connectivity index (χ2v) is 5.47. The lowest BCUT2D eigenvalue weighted by Gasteiger charge is -2.23. The van der Waals surface area contributed by atoms with E-state index < -0.39 is 5.82 Å². The molecule has 0 fully saturated rings. The van der Waals surface area contributed by atoms with Crippen molar-refractivity contribution in [2.24, 2.45) is 11.1 Å². The maximum atomic E-state index is 13.7. The van der Waals surface area contributed by atoms with Gasteiger partial charge in [0, 0.05) is 12.5 Å². The number of Topliss-reactive ketones (excluding diaryl/α,β-unsaturated/α-hetero) is 1. The van der Waals surface area contributed by atoms with Crippen molar-refractivity contribution in [1.82, 2.24) is 0 Å². The van der Waals surface area contributed by atoms with E-state index in [1.165, 1.54) is 19.2 Å². The summed E-state index contributed by atoms with van der Waals surface area (Å²) in [6, 6.07) is 4.31. The Balaban J connectivity index is 2.68. The van der Waals surface area contributed by atoms with Gasteiger partial charge in [-0.2, -0.15) is 0 Å². The second kappa shape index (κ2) is 6.66. The van der Waals surface area contributed by atoms with Crippen LogP contribution >= 0.6 is 0 Å². The first-order valence-corrected chi connectivity index (χ1v) is 6.46. The van der Waals surface area contributed by atoms with E-state index in [2.05, 4.69) is 13.8 Å². The molecule has 0 saturated heterocycles. The second-order valence-electron chi connectivity index (χ2n) is 5.47. The molecule has 3 nitrogen and oxygen atoms in total. The molecule has 0 amide bonds. The van der Waals surface area contributed by atoms with Crippen molar-refractivity contribution in [3.63, 3.8) is 0 Å². The summed E-state index contributed by atoms with van der Waals surface area (Å²) >= 11 is 0. The SMILES string of the molecule is COc1ccc(C(=O)CCC(C)(C)CCN)c(F)c1. The summed E-state index contributed by atoms with van der Waals surface area (Å²) < 4.78 is 18.6. The van der Waals surface area contributed by atoms with Gasteiger partial charge in [0.05, 0.1) is 12.7 Å². The van der Waals surface area contributed by atoms with Gasteiger partial charge < -0.3 is 10.5 Å². The molecule has 4 heteroatoms. The number of hydrogen-bond acceptors (Lipinski definition) is 3. The highest BCUT2D eigenvalue weighted by atomic mass is 19.1. The van der Waals surface area contributed by atoms with E-state index in [1.54, 1.807) is 6.07 Å². The Morgan fingerprint density at radius 2 is 2.05 bits per heavy atom. The van der Waals surface area contributed by atoms with Gasteiger partial charge >= 0.3 is 0 Å². The van der Waals surface area contributed by atoms with Crippen molar-refractivity contribution in [2.75, 3.05) is 13.7 Å². The average molecular weight is 267 g/mol. The minimum atomic E-state index is -0.527. The van der Waals surface area contributed by atoms with Crippen LogP contribution in [0.5, 0.6) is 5.75 Å². The Bertz CT molecular complexity index is 444. The molecule has 0 aliphatic carbocycles. The first-order valence-electron chi connectivity index (χ1n) is 6.46. The third kappa shape index (κ3) is 4.63. The first-order chi connectivity index (χ1) is 8.89. The fraction of sp³-hybridized carbons (Fsp3) is 0.533. The first kappa shape index (κ1) is 15.6. The largest absolute Gasteiger partial charge is 0.497 e. The van der Waals surface area contributed by atoms with Gasteiger partial charge in [0.15, 0.2) is 5.78 Å². The summed E-state index contributed by atoms with van der Waals surface area (Å²) in [5.41, 5.74) is 5.67. The van der Waals surface area contributed by atoms with Gasteiger partial charge in [-0.3, -0.25) is 4.79 Å². The van der Waals surface area contributed by atoms with E-state index in [0.717, 1.165) is 6.42 Å². The van der Waals surface area contributed by atoms with Crippen LogP contribution in [0.15, 0.2) is 18.2 Å². The van der Waals surface area contributed by atoms with E-state index >= 15 is 0 Å². The summed E-state index contributed by atoms with van der Waals surface area (Å²) in [4.78, 5) is 12.0. The third-order valence-electron chi connectivity index (χ3n) is 3.33. The Morgan fingerprint density at radius 1 is 1.37 bits per heavy atom. The maximum Gasteiger partial charge on any atom is 0.165 e. The summed E-state index contributed by atoms with van der Waals surface area (Å²) in [7, 11) is 1.46. The standard InChI is InChI=1S/C15H22FNO2/c1-15(2,8-9-17)7-6-14(18)12-5-4-11(19-3)10-13(12)16/h4-5,10H,6-9,17H2,1-3H3. The molecule has 0 radical (unpaired) electrons. The maximum absolute atomic E-state index is 13.7. The molecule has 0 atom stereocenters. The van der Waals surface area contributed by atoms with Crippen LogP contribution in [0.1, 0.15) is 43.5 Å². The lowest BCUT2D eigenvalue weighted by atomic mass is 9.83. The zero-order chi connectivity index (χ0) is 14.5. The Morgan fingerprint density at radius 3 is 2.58 bits per heavy atom. The van der Waals surface area contributed by atoms with Gasteiger partial charge in [0.25, 0.3) is 0 Å². The molecule has 0 aliphatic rings. The number of rotatable bonds is 7. The van der Waals surface area contributed by atoms with Gasteiger partial charge in [-0.05, 0) is 36.9 Å². The summed E-state index contributed by atoms with van der Waals surface area (Å²) in [6.07, 6.45) is 1.89. The normalized spacial score (nSPS) is 11.4. The molecule has 0 heterocycles. The molecule has 1 aromatic rings. The highest BCUT2D eigenvalue weighted by molar-refractivity contribution is 5.96. The average Bonchev–Trinajstić information content (AvgIpc) is 2.36. The van der Waals surface area contributed by atoms with Crippen LogP contribution in [0.2, 0.25) is 0 Å². The van der Waals surface area contributed by atoms with E-state index in [0.29, 0.717) is 25.1 Å². The zero-order valence-electron chi connectivity index (χ0n) is 11.8. The Kier molecular flexibility index (Phi) is 5.48. The minimum absolute atomic E-state index is 0.00730. The topological polar surface area (TPSA) is 52.3 Å². The molecule has 1 aromatic carbocycles. The number of carbonyl (C=O) groups is 1. The van der Waals surface area contributed by atoms with Crippen molar-refractivity contribution in [3.8, 4) is 5.75 Å². The van der Waals surface area contributed by atoms with Crippen LogP contribution < -0.4 is 10.5 Å². The van der Waals surface area contributed by atoms with E-state index in [-0.39, 0.29) is 16.8 Å². The van der Waals surface area contributed by atoms with Crippen LogP contribution in [0.3, 0.4) is 0 Å². The highest BCUT2D eigenvalue weighted by Gasteiger charge is 2.20. The van der Waals surface area contributed by atoms with Crippen LogP contribution in [-0.2, 0) is 0 Å². The van der Waals surface area contributed by atoms with Crippen LogP contribution in [0, 0.1) is 11.2 Å². The molecule has 0 unspecified atom stereocenters. The predicted molar refractivity (Wildman–Crippen MR) is 74.0 cm³/mol. The fourth-order valence-corrected chi connectivity index (χ4v) is 1.95. The predicted octanol–water partition coefficient (Wildman–Crippen LogP) is 3.17. The smallest absolute Gasteiger partial charge is 0.165 e. The fourth-order valence-electron chi connectivity index (χ4n) is 1.95. The zero-order valence-corrected chi connectivity index (χ0v) is 11.8. The van der Waals surface area contributed by atoms with Gasteiger partial charge in [-0.15, -0.1) is 0 Å². The number of nitrogens with two attached hydrogens (primary N) is 1. The number of hydrogen-bond donors (Lipinski definition) is 1. The molecule has 19 heavy (non-hydrogen) atoms. The van der Waals surface area contributed by atoms with Gasteiger partial charge in [0.1, 0.15) is 11.6 Å². The van der Waals surface area contributed by atoms with Crippen molar-refractivity contribution >= 4 is 5.78 Å². The van der Waals surface area contributed by atoms with Crippen LogP contribution in [0.25, 0.3) is 0 Å². The van der Waals surface area contributed by atoms with Crippen LogP contribution in [-0.4, -0.2) is 19.4 Å². The molecule has 0 aliphatic heterocycles. The molecule has 0 spiro atoms.